The van der Waals surface area contributed by atoms with Crippen LogP contribution in [0.5, 0.6) is 11.5 Å². The number of para-hydroxylation sites is 1. The first-order valence-electron chi connectivity index (χ1n) is 9.20. The predicted molar refractivity (Wildman–Crippen MR) is 108 cm³/mol. The maximum atomic E-state index is 14.4. The van der Waals surface area contributed by atoms with Gasteiger partial charge < -0.3 is 20.5 Å². The van der Waals surface area contributed by atoms with Gasteiger partial charge in [0.25, 0.3) is 0 Å². The molecule has 2 aromatic rings. The molecule has 1 heterocycles. The zero-order chi connectivity index (χ0) is 19.2. The Balaban J connectivity index is 0.00000280. The molecule has 2 aromatic carbocycles. The lowest BCUT2D eigenvalue weighted by atomic mass is 9.91. The van der Waals surface area contributed by atoms with Crippen molar-refractivity contribution >= 4 is 18.3 Å². The van der Waals surface area contributed by atoms with Crippen LogP contribution in [0.1, 0.15) is 31.4 Å². The molecular formula is C21H26ClFN2O3. The van der Waals surface area contributed by atoms with Crippen molar-refractivity contribution in [1.82, 2.24) is 5.32 Å². The summed E-state index contributed by atoms with van der Waals surface area (Å²) in [6.07, 6.45) is 1.56. The molecule has 0 aliphatic carbocycles. The van der Waals surface area contributed by atoms with E-state index in [4.69, 9.17) is 15.2 Å². The lowest BCUT2D eigenvalue weighted by molar-refractivity contribution is -0.125. The Kier molecular flexibility index (Phi) is 8.23. The number of hydrogen-bond donors (Lipinski definition) is 2. The first-order valence-corrected chi connectivity index (χ1v) is 9.20. The first-order chi connectivity index (χ1) is 13.0. The highest BCUT2D eigenvalue weighted by Gasteiger charge is 2.27. The number of carbonyl (C=O) groups is 1. The van der Waals surface area contributed by atoms with Gasteiger partial charge in [0.05, 0.1) is 12.1 Å². The Morgan fingerprint density at radius 1 is 1.21 bits per heavy atom. The average Bonchev–Trinajstić information content (AvgIpc) is 2.70. The number of halogens is 2. The van der Waals surface area contributed by atoms with Gasteiger partial charge in [-0.15, -0.1) is 12.4 Å². The molecule has 0 aromatic heterocycles. The Bertz CT molecular complexity index is 770. The highest BCUT2D eigenvalue weighted by atomic mass is 35.5. The van der Waals surface area contributed by atoms with Crippen LogP contribution in [0.15, 0.2) is 48.5 Å². The molecule has 0 bridgehead atoms. The molecule has 1 aliphatic rings. The fourth-order valence-electron chi connectivity index (χ4n) is 3.17. The summed E-state index contributed by atoms with van der Waals surface area (Å²) in [5.74, 6) is 0.116. The minimum Gasteiger partial charge on any atom is -0.454 e. The second-order valence-electron chi connectivity index (χ2n) is 6.81. The SMILES string of the molecule is CC(NC(=O)C(N)C1CCOCC1)c1ccc(Oc2ccccc2)c(F)c1.Cl. The molecule has 2 atom stereocenters. The summed E-state index contributed by atoms with van der Waals surface area (Å²) in [5.41, 5.74) is 6.75. The zero-order valence-corrected chi connectivity index (χ0v) is 16.6. The van der Waals surface area contributed by atoms with Crippen molar-refractivity contribution < 1.29 is 18.7 Å². The van der Waals surface area contributed by atoms with E-state index in [9.17, 15) is 9.18 Å². The largest absolute Gasteiger partial charge is 0.454 e. The number of nitrogens with two attached hydrogens (primary N) is 1. The molecule has 1 saturated heterocycles. The van der Waals surface area contributed by atoms with E-state index in [2.05, 4.69) is 5.32 Å². The fraction of sp³-hybridized carbons (Fsp3) is 0.381. The minimum atomic E-state index is -0.582. The van der Waals surface area contributed by atoms with E-state index in [1.54, 1.807) is 31.2 Å². The lowest BCUT2D eigenvalue weighted by Gasteiger charge is -2.28. The van der Waals surface area contributed by atoms with Crippen LogP contribution < -0.4 is 15.8 Å². The van der Waals surface area contributed by atoms with Gasteiger partial charge in [0.2, 0.25) is 5.91 Å². The molecule has 0 saturated carbocycles. The van der Waals surface area contributed by atoms with E-state index in [0.717, 1.165) is 12.8 Å². The third kappa shape index (κ3) is 5.67. The molecule has 1 aliphatic heterocycles. The Labute approximate surface area is 170 Å². The van der Waals surface area contributed by atoms with Gasteiger partial charge in [-0.2, -0.15) is 0 Å². The summed E-state index contributed by atoms with van der Waals surface area (Å²) in [6.45, 7) is 3.08. The van der Waals surface area contributed by atoms with Crippen LogP contribution in [-0.2, 0) is 9.53 Å². The number of carbonyl (C=O) groups excluding carboxylic acids is 1. The summed E-state index contributed by atoms with van der Waals surface area (Å²) in [7, 11) is 0. The predicted octanol–water partition coefficient (Wildman–Crippen LogP) is 3.97. The highest BCUT2D eigenvalue weighted by molar-refractivity contribution is 5.85. The van der Waals surface area contributed by atoms with E-state index >= 15 is 0 Å². The molecule has 28 heavy (non-hydrogen) atoms. The van der Waals surface area contributed by atoms with Gasteiger partial charge >= 0.3 is 0 Å². The molecule has 1 amide bonds. The lowest BCUT2D eigenvalue weighted by Crippen LogP contribution is -2.47. The quantitative estimate of drug-likeness (QED) is 0.758. The van der Waals surface area contributed by atoms with E-state index < -0.39 is 11.9 Å². The van der Waals surface area contributed by atoms with E-state index in [-0.39, 0.29) is 36.0 Å². The zero-order valence-electron chi connectivity index (χ0n) is 15.8. The normalized spacial score (nSPS) is 16.5. The monoisotopic (exact) mass is 408 g/mol. The third-order valence-corrected chi connectivity index (χ3v) is 4.86. The van der Waals surface area contributed by atoms with Crippen molar-refractivity contribution in [2.45, 2.75) is 31.8 Å². The van der Waals surface area contributed by atoms with Crippen LogP contribution >= 0.6 is 12.4 Å². The molecule has 2 unspecified atom stereocenters. The van der Waals surface area contributed by atoms with Gasteiger partial charge in [0.15, 0.2) is 11.6 Å². The van der Waals surface area contributed by atoms with Crippen molar-refractivity contribution in [1.29, 1.82) is 0 Å². The molecule has 3 rings (SSSR count). The molecule has 5 nitrogen and oxygen atoms in total. The van der Waals surface area contributed by atoms with E-state index in [1.807, 2.05) is 18.2 Å². The van der Waals surface area contributed by atoms with Crippen molar-refractivity contribution in [3.05, 3.63) is 59.9 Å². The fourth-order valence-corrected chi connectivity index (χ4v) is 3.17. The highest BCUT2D eigenvalue weighted by Crippen LogP contribution is 2.27. The van der Waals surface area contributed by atoms with Gasteiger partial charge in [0, 0.05) is 13.2 Å². The van der Waals surface area contributed by atoms with Gasteiger partial charge in [-0.3, -0.25) is 4.79 Å². The molecule has 7 heteroatoms. The number of nitrogens with one attached hydrogen (secondary N) is 1. The third-order valence-electron chi connectivity index (χ3n) is 4.86. The maximum Gasteiger partial charge on any atom is 0.237 e. The number of rotatable bonds is 6. The molecule has 0 radical (unpaired) electrons. The summed E-state index contributed by atoms with van der Waals surface area (Å²) in [5, 5.41) is 2.88. The van der Waals surface area contributed by atoms with Crippen LogP contribution in [0, 0.1) is 11.7 Å². The van der Waals surface area contributed by atoms with Crippen molar-refractivity contribution in [2.75, 3.05) is 13.2 Å². The Hall–Kier alpha value is -2.15. The summed E-state index contributed by atoms with van der Waals surface area (Å²) in [6, 6.07) is 12.8. The number of benzene rings is 2. The standard InChI is InChI=1S/C21H25FN2O3.ClH/c1-14(24-21(25)20(23)15-9-11-26-12-10-15)16-7-8-19(18(22)13-16)27-17-5-3-2-4-6-17;/h2-8,13-15,20H,9-12,23H2,1H3,(H,24,25);1H. The topological polar surface area (TPSA) is 73.6 Å². The van der Waals surface area contributed by atoms with Crippen LogP contribution in [0.25, 0.3) is 0 Å². The molecule has 3 N–H and O–H groups in total. The molecule has 152 valence electrons. The van der Waals surface area contributed by atoms with E-state index in [1.165, 1.54) is 6.07 Å². The molecule has 1 fully saturated rings. The maximum absolute atomic E-state index is 14.4. The second-order valence-corrected chi connectivity index (χ2v) is 6.81. The number of ether oxygens (including phenoxy) is 2. The summed E-state index contributed by atoms with van der Waals surface area (Å²) in [4.78, 5) is 12.4. The van der Waals surface area contributed by atoms with Gasteiger partial charge in [-0.05, 0) is 55.5 Å². The number of hydrogen-bond acceptors (Lipinski definition) is 4. The Morgan fingerprint density at radius 3 is 2.54 bits per heavy atom. The second kappa shape index (κ2) is 10.4. The van der Waals surface area contributed by atoms with Crippen LogP contribution in [0.2, 0.25) is 0 Å². The summed E-state index contributed by atoms with van der Waals surface area (Å²) < 4.78 is 25.3. The van der Waals surface area contributed by atoms with Gasteiger partial charge in [0.1, 0.15) is 5.75 Å². The van der Waals surface area contributed by atoms with Crippen molar-refractivity contribution in [3.8, 4) is 11.5 Å². The molecule has 0 spiro atoms. The Morgan fingerprint density at radius 2 is 1.89 bits per heavy atom. The summed E-state index contributed by atoms with van der Waals surface area (Å²) >= 11 is 0. The molecular weight excluding hydrogens is 383 g/mol. The van der Waals surface area contributed by atoms with E-state index in [0.29, 0.717) is 24.5 Å². The smallest absolute Gasteiger partial charge is 0.237 e. The average molecular weight is 409 g/mol. The van der Waals surface area contributed by atoms with Crippen LogP contribution in [-0.4, -0.2) is 25.2 Å². The number of amides is 1. The van der Waals surface area contributed by atoms with Crippen molar-refractivity contribution in [2.24, 2.45) is 11.7 Å². The van der Waals surface area contributed by atoms with Crippen LogP contribution in [0.3, 0.4) is 0 Å². The van der Waals surface area contributed by atoms with Crippen LogP contribution in [0.4, 0.5) is 4.39 Å². The van der Waals surface area contributed by atoms with Gasteiger partial charge in [-0.1, -0.05) is 24.3 Å². The van der Waals surface area contributed by atoms with Gasteiger partial charge in [-0.25, -0.2) is 4.39 Å². The minimum absolute atomic E-state index is 0. The first kappa shape index (κ1) is 22.1. The van der Waals surface area contributed by atoms with Crippen molar-refractivity contribution in [3.63, 3.8) is 0 Å².